The number of hydrogen-bond acceptors (Lipinski definition) is 2. The summed E-state index contributed by atoms with van der Waals surface area (Å²) in [7, 11) is 0. The highest BCUT2D eigenvalue weighted by molar-refractivity contribution is 6.30. The molecule has 1 N–H and O–H groups in total. The van der Waals surface area contributed by atoms with Crippen molar-refractivity contribution in [3.8, 4) is 0 Å². The van der Waals surface area contributed by atoms with Gasteiger partial charge in [-0.3, -0.25) is 0 Å². The Morgan fingerprint density at radius 3 is 2.50 bits per heavy atom. The summed E-state index contributed by atoms with van der Waals surface area (Å²) in [5.41, 5.74) is 1.39. The molecule has 1 heterocycles. The van der Waals surface area contributed by atoms with Crippen LogP contribution in [0.3, 0.4) is 0 Å². The van der Waals surface area contributed by atoms with Crippen LogP contribution in [0.5, 0.6) is 0 Å². The maximum Gasteiger partial charge on any atom is 0.317 e. The summed E-state index contributed by atoms with van der Waals surface area (Å²) in [6.07, 6.45) is 2.25. The molecular weight excluding hydrogens is 276 g/mol. The highest BCUT2D eigenvalue weighted by Crippen LogP contribution is 2.47. The average molecular weight is 295 g/mol. The van der Waals surface area contributed by atoms with Crippen LogP contribution in [-0.4, -0.2) is 43.8 Å². The third-order valence-corrected chi connectivity index (χ3v) is 4.44. The first-order chi connectivity index (χ1) is 9.70. The van der Waals surface area contributed by atoms with Gasteiger partial charge in [0.15, 0.2) is 0 Å². The van der Waals surface area contributed by atoms with Crippen LogP contribution in [0.2, 0.25) is 5.02 Å². The summed E-state index contributed by atoms with van der Waals surface area (Å²) in [5.74, 6) is 0. The van der Waals surface area contributed by atoms with Crippen molar-refractivity contribution in [2.75, 3.05) is 32.8 Å². The Balaban J connectivity index is 1.57. The zero-order valence-electron chi connectivity index (χ0n) is 11.4. The van der Waals surface area contributed by atoms with Crippen LogP contribution in [0.4, 0.5) is 4.79 Å². The lowest BCUT2D eigenvalue weighted by Crippen LogP contribution is -2.47. The molecule has 0 atom stereocenters. The predicted molar refractivity (Wildman–Crippen MR) is 78.2 cm³/mol. The van der Waals surface area contributed by atoms with E-state index in [1.807, 2.05) is 17.0 Å². The molecule has 0 bridgehead atoms. The van der Waals surface area contributed by atoms with Gasteiger partial charge in [0.1, 0.15) is 0 Å². The van der Waals surface area contributed by atoms with Crippen molar-refractivity contribution in [3.63, 3.8) is 0 Å². The van der Waals surface area contributed by atoms with Crippen LogP contribution in [0.25, 0.3) is 0 Å². The Bertz CT molecular complexity index is 479. The van der Waals surface area contributed by atoms with Crippen LogP contribution in [0.15, 0.2) is 24.3 Å². The maximum absolute atomic E-state index is 12.1. The van der Waals surface area contributed by atoms with Crippen molar-refractivity contribution < 1.29 is 9.53 Å². The molecule has 0 radical (unpaired) electrons. The number of rotatable bonds is 3. The molecule has 108 valence electrons. The number of hydrogen-bond donors (Lipinski definition) is 1. The molecule has 1 aliphatic heterocycles. The molecule has 0 unspecified atom stereocenters. The average Bonchev–Trinajstić information content (AvgIpc) is 3.27. The van der Waals surface area contributed by atoms with Crippen LogP contribution in [-0.2, 0) is 10.2 Å². The fourth-order valence-electron chi connectivity index (χ4n) is 2.64. The van der Waals surface area contributed by atoms with Crippen molar-refractivity contribution in [3.05, 3.63) is 34.9 Å². The van der Waals surface area contributed by atoms with Crippen LogP contribution in [0.1, 0.15) is 18.4 Å². The minimum atomic E-state index is 0.0218. The monoisotopic (exact) mass is 294 g/mol. The van der Waals surface area contributed by atoms with E-state index in [9.17, 15) is 4.79 Å². The normalized spacial score (nSPS) is 20.6. The number of ether oxygens (including phenoxy) is 1. The highest BCUT2D eigenvalue weighted by Gasteiger charge is 2.44. The van der Waals surface area contributed by atoms with E-state index in [1.54, 1.807) is 0 Å². The molecule has 5 heteroatoms. The molecule has 2 fully saturated rings. The molecule has 1 aliphatic carbocycles. The zero-order valence-corrected chi connectivity index (χ0v) is 12.2. The predicted octanol–water partition coefficient (Wildman–Crippen LogP) is 2.41. The summed E-state index contributed by atoms with van der Waals surface area (Å²) in [5, 5.41) is 3.82. The SMILES string of the molecule is O=C(NCC1(c2ccc(Cl)cc2)CC1)N1CCOCC1. The van der Waals surface area contributed by atoms with E-state index in [0.717, 1.165) is 17.9 Å². The highest BCUT2D eigenvalue weighted by atomic mass is 35.5. The third kappa shape index (κ3) is 2.91. The van der Waals surface area contributed by atoms with Crippen LogP contribution in [0, 0.1) is 0 Å². The number of benzene rings is 1. The zero-order chi connectivity index (χ0) is 14.0. The number of urea groups is 1. The Labute approximate surface area is 124 Å². The Hall–Kier alpha value is -1.26. The van der Waals surface area contributed by atoms with Gasteiger partial charge in [0.2, 0.25) is 0 Å². The van der Waals surface area contributed by atoms with E-state index in [1.165, 1.54) is 5.56 Å². The van der Waals surface area contributed by atoms with E-state index in [4.69, 9.17) is 16.3 Å². The van der Waals surface area contributed by atoms with Gasteiger partial charge in [-0.25, -0.2) is 4.79 Å². The molecular formula is C15H19ClN2O2. The number of carbonyl (C=O) groups excluding carboxylic acids is 1. The standard InChI is InChI=1S/C15H19ClN2O2/c16-13-3-1-12(2-4-13)15(5-6-15)11-17-14(19)18-7-9-20-10-8-18/h1-4H,5-11H2,(H,17,19). The van der Waals surface area contributed by atoms with E-state index in [-0.39, 0.29) is 11.4 Å². The topological polar surface area (TPSA) is 41.6 Å². The summed E-state index contributed by atoms with van der Waals surface area (Å²) >= 11 is 5.92. The number of nitrogens with one attached hydrogen (secondary N) is 1. The van der Waals surface area contributed by atoms with Crippen molar-refractivity contribution in [2.45, 2.75) is 18.3 Å². The minimum Gasteiger partial charge on any atom is -0.378 e. The molecule has 2 amide bonds. The molecule has 1 saturated heterocycles. The van der Waals surface area contributed by atoms with Crippen molar-refractivity contribution in [2.24, 2.45) is 0 Å². The molecule has 1 aromatic rings. The maximum atomic E-state index is 12.1. The van der Waals surface area contributed by atoms with Crippen LogP contribution >= 0.6 is 11.6 Å². The lowest BCUT2D eigenvalue weighted by molar-refractivity contribution is 0.0531. The first-order valence-electron chi connectivity index (χ1n) is 7.06. The fourth-order valence-corrected chi connectivity index (χ4v) is 2.77. The van der Waals surface area contributed by atoms with E-state index in [0.29, 0.717) is 32.8 Å². The van der Waals surface area contributed by atoms with Gasteiger partial charge >= 0.3 is 6.03 Å². The number of amides is 2. The van der Waals surface area contributed by atoms with Gasteiger partial charge in [-0.2, -0.15) is 0 Å². The summed E-state index contributed by atoms with van der Waals surface area (Å²) < 4.78 is 5.25. The smallest absolute Gasteiger partial charge is 0.317 e. The number of halogens is 1. The molecule has 0 spiro atoms. The van der Waals surface area contributed by atoms with Gasteiger partial charge in [-0.15, -0.1) is 0 Å². The van der Waals surface area contributed by atoms with E-state index >= 15 is 0 Å². The summed E-state index contributed by atoms with van der Waals surface area (Å²) in [6.45, 7) is 3.33. The molecule has 1 aromatic carbocycles. The number of carbonyl (C=O) groups is 1. The Morgan fingerprint density at radius 2 is 1.90 bits per heavy atom. The first kappa shape index (κ1) is 13.7. The molecule has 0 aromatic heterocycles. The second-order valence-electron chi connectivity index (χ2n) is 5.55. The molecule has 3 rings (SSSR count). The van der Waals surface area contributed by atoms with Crippen molar-refractivity contribution in [1.82, 2.24) is 10.2 Å². The summed E-state index contributed by atoms with van der Waals surface area (Å²) in [4.78, 5) is 13.9. The van der Waals surface area contributed by atoms with Gasteiger partial charge in [-0.05, 0) is 30.5 Å². The third-order valence-electron chi connectivity index (χ3n) is 4.19. The lowest BCUT2D eigenvalue weighted by atomic mass is 9.96. The summed E-state index contributed by atoms with van der Waals surface area (Å²) in [6, 6.07) is 7.99. The molecule has 20 heavy (non-hydrogen) atoms. The Morgan fingerprint density at radius 1 is 1.25 bits per heavy atom. The van der Waals surface area contributed by atoms with E-state index < -0.39 is 0 Å². The van der Waals surface area contributed by atoms with E-state index in [2.05, 4.69) is 17.4 Å². The molecule has 1 saturated carbocycles. The minimum absolute atomic E-state index is 0.0218. The number of nitrogens with zero attached hydrogens (tertiary/aromatic N) is 1. The van der Waals surface area contributed by atoms with Gasteiger partial charge in [0, 0.05) is 30.1 Å². The largest absolute Gasteiger partial charge is 0.378 e. The van der Waals surface area contributed by atoms with Gasteiger partial charge in [-0.1, -0.05) is 23.7 Å². The van der Waals surface area contributed by atoms with Gasteiger partial charge in [0.25, 0.3) is 0 Å². The fraction of sp³-hybridized carbons (Fsp3) is 0.533. The lowest BCUT2D eigenvalue weighted by Gasteiger charge is -2.28. The quantitative estimate of drug-likeness (QED) is 0.930. The van der Waals surface area contributed by atoms with Gasteiger partial charge in [0.05, 0.1) is 13.2 Å². The molecule has 2 aliphatic rings. The van der Waals surface area contributed by atoms with Crippen molar-refractivity contribution in [1.29, 1.82) is 0 Å². The second kappa shape index (κ2) is 5.62. The Kier molecular flexibility index (Phi) is 3.85. The van der Waals surface area contributed by atoms with Crippen molar-refractivity contribution >= 4 is 17.6 Å². The second-order valence-corrected chi connectivity index (χ2v) is 5.98. The first-order valence-corrected chi connectivity index (χ1v) is 7.44. The molecule has 4 nitrogen and oxygen atoms in total. The van der Waals surface area contributed by atoms with Gasteiger partial charge < -0.3 is 15.0 Å². The van der Waals surface area contributed by atoms with Crippen LogP contribution < -0.4 is 5.32 Å². The number of morpholine rings is 1.